The van der Waals surface area contributed by atoms with Crippen LogP contribution in [0.5, 0.6) is 0 Å². The van der Waals surface area contributed by atoms with Gasteiger partial charge < -0.3 is 0 Å². The van der Waals surface area contributed by atoms with Crippen molar-refractivity contribution in [3.8, 4) is 0 Å². The zero-order chi connectivity index (χ0) is 25.1. The van der Waals surface area contributed by atoms with Crippen molar-refractivity contribution in [2.24, 2.45) is 10.9 Å². The Kier molecular flexibility index (Phi) is 7.64. The van der Waals surface area contributed by atoms with Crippen LogP contribution < -0.4 is 0 Å². The summed E-state index contributed by atoms with van der Waals surface area (Å²) in [7, 11) is 0. The van der Waals surface area contributed by atoms with Crippen LogP contribution in [0, 0.1) is 17.6 Å². The maximum absolute atomic E-state index is 14.4. The van der Waals surface area contributed by atoms with Crippen molar-refractivity contribution < 1.29 is 8.78 Å². The molecular formula is C32H35F2N. The molecule has 3 atom stereocenters. The van der Waals surface area contributed by atoms with Crippen molar-refractivity contribution in [3.05, 3.63) is 112 Å². The highest BCUT2D eigenvalue weighted by Gasteiger charge is 2.27. The first-order chi connectivity index (χ1) is 16.8. The highest BCUT2D eigenvalue weighted by atomic mass is 19.1. The number of allylic oxidation sites excluding steroid dienone is 2. The number of aliphatic imine (C=N–C) groups is 1. The Labute approximate surface area is 208 Å². The van der Waals surface area contributed by atoms with Gasteiger partial charge in [-0.05, 0) is 97.4 Å². The Hall–Kier alpha value is -3.07. The number of nitrogens with zero attached hydrogens (tertiary/aromatic N) is 1. The normalized spacial score (nSPS) is 19.3. The van der Waals surface area contributed by atoms with Gasteiger partial charge in [-0.15, -0.1) is 0 Å². The number of fused-ring (bicyclic) bond motifs is 1. The molecule has 3 aromatic rings. The monoisotopic (exact) mass is 471 g/mol. The molecule has 0 bridgehead atoms. The first-order valence-electron chi connectivity index (χ1n) is 12.6. The summed E-state index contributed by atoms with van der Waals surface area (Å²) in [6, 6.07) is 21.2. The van der Waals surface area contributed by atoms with Gasteiger partial charge in [-0.2, -0.15) is 0 Å². The maximum Gasteiger partial charge on any atom is 0.129 e. The molecule has 0 heterocycles. The molecule has 4 rings (SSSR count). The number of halogens is 2. The molecule has 0 spiro atoms. The molecule has 0 radical (unpaired) electrons. The van der Waals surface area contributed by atoms with Crippen molar-refractivity contribution in [2.45, 2.75) is 65.8 Å². The van der Waals surface area contributed by atoms with Crippen LogP contribution in [0.3, 0.4) is 0 Å². The fourth-order valence-corrected chi connectivity index (χ4v) is 5.31. The van der Waals surface area contributed by atoms with Gasteiger partial charge in [-0.3, -0.25) is 4.99 Å². The first kappa shape index (κ1) is 25.0. The molecule has 0 N–H and O–H groups in total. The first-order valence-corrected chi connectivity index (χ1v) is 12.6. The van der Waals surface area contributed by atoms with Gasteiger partial charge in [0.25, 0.3) is 0 Å². The lowest BCUT2D eigenvalue weighted by molar-refractivity contribution is 0.432. The van der Waals surface area contributed by atoms with E-state index in [1.807, 2.05) is 6.07 Å². The minimum atomic E-state index is -0.528. The average molecular weight is 472 g/mol. The van der Waals surface area contributed by atoms with Crippen LogP contribution in [0.25, 0.3) is 5.57 Å². The molecule has 3 aromatic carbocycles. The number of rotatable bonds is 6. The molecule has 0 amide bonds. The van der Waals surface area contributed by atoms with Gasteiger partial charge in [0, 0.05) is 11.8 Å². The van der Waals surface area contributed by atoms with Crippen molar-refractivity contribution >= 4 is 11.3 Å². The topological polar surface area (TPSA) is 12.4 Å². The summed E-state index contributed by atoms with van der Waals surface area (Å²) >= 11 is 0. The summed E-state index contributed by atoms with van der Waals surface area (Å²) in [6.45, 7) is 10.9. The lowest BCUT2D eigenvalue weighted by atomic mass is 9.80. The Morgan fingerprint density at radius 2 is 1.74 bits per heavy atom. The van der Waals surface area contributed by atoms with Crippen LogP contribution in [0.4, 0.5) is 8.78 Å². The van der Waals surface area contributed by atoms with Crippen molar-refractivity contribution in [2.75, 3.05) is 0 Å². The summed E-state index contributed by atoms with van der Waals surface area (Å²) in [5, 5.41) is 0. The summed E-state index contributed by atoms with van der Waals surface area (Å²) in [4.78, 5) is 5.09. The summed E-state index contributed by atoms with van der Waals surface area (Å²) in [6.07, 6.45) is 2.44. The van der Waals surface area contributed by atoms with Crippen LogP contribution in [-0.4, -0.2) is 5.71 Å². The van der Waals surface area contributed by atoms with Crippen LogP contribution in [-0.2, 0) is 6.42 Å². The van der Waals surface area contributed by atoms with E-state index in [9.17, 15) is 8.78 Å². The lowest BCUT2D eigenvalue weighted by Crippen LogP contribution is -2.14. The van der Waals surface area contributed by atoms with E-state index in [4.69, 9.17) is 4.99 Å². The van der Waals surface area contributed by atoms with E-state index in [0.29, 0.717) is 12.0 Å². The lowest BCUT2D eigenvalue weighted by Gasteiger charge is -2.24. The van der Waals surface area contributed by atoms with E-state index in [2.05, 4.69) is 77.1 Å². The zero-order valence-electron chi connectivity index (χ0n) is 21.4. The fraction of sp³-hybridized carbons (Fsp3) is 0.344. The molecule has 182 valence electrons. The SMILES string of the molecule is CCC(N=C(C)c1ccc2c(c1)C(C)=C(C)CC(Cc1ccc(F)cc1F)C2C)c1ccccc1. The predicted octanol–water partition coefficient (Wildman–Crippen LogP) is 9.08. The van der Waals surface area contributed by atoms with Crippen molar-refractivity contribution in [3.63, 3.8) is 0 Å². The molecule has 1 nitrogen and oxygen atoms in total. The van der Waals surface area contributed by atoms with E-state index in [0.717, 1.165) is 30.2 Å². The quantitative estimate of drug-likeness (QED) is 0.318. The third-order valence-corrected chi connectivity index (χ3v) is 7.70. The third kappa shape index (κ3) is 5.45. The van der Waals surface area contributed by atoms with Gasteiger partial charge >= 0.3 is 0 Å². The van der Waals surface area contributed by atoms with E-state index < -0.39 is 11.6 Å². The van der Waals surface area contributed by atoms with Gasteiger partial charge in [0.15, 0.2) is 0 Å². The van der Waals surface area contributed by atoms with Gasteiger partial charge in [0.1, 0.15) is 11.6 Å². The molecule has 0 saturated heterocycles. The molecule has 3 unspecified atom stereocenters. The maximum atomic E-state index is 14.4. The molecule has 0 saturated carbocycles. The second-order valence-electron chi connectivity index (χ2n) is 9.95. The summed E-state index contributed by atoms with van der Waals surface area (Å²) < 4.78 is 27.9. The molecule has 0 aliphatic heterocycles. The van der Waals surface area contributed by atoms with Gasteiger partial charge in [-0.25, -0.2) is 8.78 Å². The number of hydrogen-bond donors (Lipinski definition) is 0. The number of hydrogen-bond acceptors (Lipinski definition) is 1. The minimum Gasteiger partial charge on any atom is -0.281 e. The minimum absolute atomic E-state index is 0.141. The van der Waals surface area contributed by atoms with E-state index >= 15 is 0 Å². The van der Waals surface area contributed by atoms with Crippen LogP contribution in [0.1, 0.15) is 87.2 Å². The molecule has 3 heteroatoms. The van der Waals surface area contributed by atoms with E-state index in [-0.39, 0.29) is 17.9 Å². The second-order valence-corrected chi connectivity index (χ2v) is 9.95. The van der Waals surface area contributed by atoms with Gasteiger partial charge in [0.05, 0.1) is 6.04 Å². The molecule has 0 fully saturated rings. The second kappa shape index (κ2) is 10.7. The fourth-order valence-electron chi connectivity index (χ4n) is 5.31. The Balaban J connectivity index is 1.67. The number of benzene rings is 3. The molecule has 35 heavy (non-hydrogen) atoms. The average Bonchev–Trinajstić information content (AvgIpc) is 2.95. The van der Waals surface area contributed by atoms with Crippen molar-refractivity contribution in [1.29, 1.82) is 0 Å². The molecular weight excluding hydrogens is 436 g/mol. The molecule has 1 aliphatic rings. The standard InChI is InChI=1S/C32H35F2N/c1-6-32(24-10-8-7-9-11-24)35-23(5)25-13-15-29-22(4)27(16-20(2)21(3)30(29)18-25)17-26-12-14-28(33)19-31(26)34/h7-15,18-19,22,27,32H,6,16-17H2,1-5H3. The summed E-state index contributed by atoms with van der Waals surface area (Å²) in [5.74, 6) is -0.485. The highest BCUT2D eigenvalue weighted by molar-refractivity contribution is 5.99. The zero-order valence-corrected chi connectivity index (χ0v) is 21.4. The third-order valence-electron chi connectivity index (χ3n) is 7.70. The summed E-state index contributed by atoms with van der Waals surface area (Å²) in [5.41, 5.74) is 9.17. The predicted molar refractivity (Wildman–Crippen MR) is 143 cm³/mol. The molecule has 1 aliphatic carbocycles. The largest absolute Gasteiger partial charge is 0.281 e. The Bertz CT molecular complexity index is 1260. The van der Waals surface area contributed by atoms with Crippen LogP contribution in [0.15, 0.2) is 77.3 Å². The molecule has 0 aromatic heterocycles. The van der Waals surface area contributed by atoms with Gasteiger partial charge in [-0.1, -0.05) is 68.0 Å². The van der Waals surface area contributed by atoms with E-state index in [1.165, 1.54) is 33.9 Å². The smallest absolute Gasteiger partial charge is 0.129 e. The highest BCUT2D eigenvalue weighted by Crippen LogP contribution is 2.42. The van der Waals surface area contributed by atoms with E-state index in [1.54, 1.807) is 6.07 Å². The Morgan fingerprint density at radius 1 is 1.00 bits per heavy atom. The Morgan fingerprint density at radius 3 is 2.43 bits per heavy atom. The van der Waals surface area contributed by atoms with Crippen LogP contribution >= 0.6 is 0 Å². The van der Waals surface area contributed by atoms with Crippen LogP contribution in [0.2, 0.25) is 0 Å². The van der Waals surface area contributed by atoms with Gasteiger partial charge in [0.2, 0.25) is 0 Å². The van der Waals surface area contributed by atoms with Crippen molar-refractivity contribution in [1.82, 2.24) is 0 Å².